The van der Waals surface area contributed by atoms with E-state index in [1.165, 1.54) is 16.4 Å². The van der Waals surface area contributed by atoms with E-state index in [4.69, 9.17) is 10.5 Å². The zero-order valence-corrected chi connectivity index (χ0v) is 11.3. The second-order valence-electron chi connectivity index (χ2n) is 4.34. The maximum absolute atomic E-state index is 13.8. The van der Waals surface area contributed by atoms with Crippen LogP contribution in [0.25, 0.3) is 0 Å². The molecule has 19 heavy (non-hydrogen) atoms. The fourth-order valence-corrected chi connectivity index (χ4v) is 3.55. The van der Waals surface area contributed by atoms with Crippen LogP contribution in [0.4, 0.5) is 4.39 Å². The van der Waals surface area contributed by atoms with Gasteiger partial charge in [0.2, 0.25) is 10.0 Å². The van der Waals surface area contributed by atoms with Crippen molar-refractivity contribution in [3.05, 3.63) is 29.6 Å². The van der Waals surface area contributed by atoms with Gasteiger partial charge in [0.05, 0.1) is 6.61 Å². The van der Waals surface area contributed by atoms with Crippen molar-refractivity contribution in [2.24, 2.45) is 5.73 Å². The smallest absolute Gasteiger partial charge is 0.246 e. The third kappa shape index (κ3) is 3.11. The third-order valence-electron chi connectivity index (χ3n) is 3.03. The highest BCUT2D eigenvalue weighted by Crippen LogP contribution is 2.21. The number of nitrogens with two attached hydrogens (primary N) is 1. The van der Waals surface area contributed by atoms with E-state index in [2.05, 4.69) is 0 Å². The first-order chi connectivity index (χ1) is 9.05. The molecule has 1 aliphatic heterocycles. The number of nitrogens with zero attached hydrogens (tertiary/aromatic N) is 1. The number of benzene rings is 1. The maximum Gasteiger partial charge on any atom is 0.246 e. The largest absolute Gasteiger partial charge is 0.380 e. The summed E-state index contributed by atoms with van der Waals surface area (Å²) in [4.78, 5) is -0.308. The van der Waals surface area contributed by atoms with Crippen molar-refractivity contribution in [3.8, 4) is 0 Å². The van der Waals surface area contributed by atoms with Gasteiger partial charge in [0.15, 0.2) is 0 Å². The Balaban J connectivity index is 2.37. The van der Waals surface area contributed by atoms with Crippen LogP contribution in [0, 0.1) is 5.82 Å². The summed E-state index contributed by atoms with van der Waals surface area (Å²) < 4.78 is 45.1. The Labute approximate surface area is 112 Å². The van der Waals surface area contributed by atoms with Gasteiger partial charge in [0, 0.05) is 26.2 Å². The van der Waals surface area contributed by atoms with Crippen molar-refractivity contribution in [1.82, 2.24) is 4.31 Å². The van der Waals surface area contributed by atoms with Gasteiger partial charge >= 0.3 is 0 Å². The Morgan fingerprint density at radius 2 is 2.11 bits per heavy atom. The van der Waals surface area contributed by atoms with E-state index in [0.29, 0.717) is 31.7 Å². The van der Waals surface area contributed by atoms with Crippen molar-refractivity contribution in [1.29, 1.82) is 0 Å². The summed E-state index contributed by atoms with van der Waals surface area (Å²) in [5, 5.41) is 0. The van der Waals surface area contributed by atoms with Crippen molar-refractivity contribution >= 4 is 10.0 Å². The second-order valence-corrected chi connectivity index (χ2v) is 6.25. The first kappa shape index (κ1) is 14.4. The molecule has 0 amide bonds. The Bertz CT molecular complexity index is 540. The normalized spacial score (nSPS) is 18.2. The van der Waals surface area contributed by atoms with Gasteiger partial charge in [-0.15, -0.1) is 0 Å². The van der Waals surface area contributed by atoms with E-state index >= 15 is 0 Å². The first-order valence-corrected chi connectivity index (χ1v) is 7.56. The lowest BCUT2D eigenvalue weighted by Crippen LogP contribution is -2.33. The summed E-state index contributed by atoms with van der Waals surface area (Å²) in [5.74, 6) is -0.748. The summed E-state index contributed by atoms with van der Waals surface area (Å²) in [5.41, 5.74) is 6.05. The molecule has 0 aromatic heterocycles. The van der Waals surface area contributed by atoms with Crippen molar-refractivity contribution in [2.45, 2.75) is 17.9 Å². The van der Waals surface area contributed by atoms with Gasteiger partial charge in [-0.25, -0.2) is 12.8 Å². The molecule has 0 unspecified atom stereocenters. The van der Waals surface area contributed by atoms with Crippen molar-refractivity contribution < 1.29 is 17.5 Å². The SMILES string of the molecule is NCc1ccc(F)c(S(=O)(=O)N2CCCOCC2)c1. The fraction of sp³-hybridized carbons (Fsp3) is 0.500. The average molecular weight is 288 g/mol. The molecule has 0 bridgehead atoms. The predicted molar refractivity (Wildman–Crippen MR) is 68.5 cm³/mol. The molecule has 0 radical (unpaired) electrons. The Hall–Kier alpha value is -1.02. The molecule has 7 heteroatoms. The predicted octanol–water partition coefficient (Wildman–Crippen LogP) is 0.695. The monoisotopic (exact) mass is 288 g/mol. The molecule has 2 rings (SSSR count). The van der Waals surface area contributed by atoms with Crippen LogP contribution < -0.4 is 5.73 Å². The molecule has 1 fully saturated rings. The summed E-state index contributed by atoms with van der Waals surface area (Å²) in [6.45, 7) is 1.62. The zero-order valence-electron chi connectivity index (χ0n) is 10.5. The molecule has 5 nitrogen and oxygen atoms in total. The van der Waals surface area contributed by atoms with Crippen LogP contribution in [0.15, 0.2) is 23.1 Å². The van der Waals surface area contributed by atoms with Gasteiger partial charge in [0.1, 0.15) is 10.7 Å². The van der Waals surface area contributed by atoms with Gasteiger partial charge < -0.3 is 10.5 Å². The van der Waals surface area contributed by atoms with Crippen LogP contribution in [0.3, 0.4) is 0 Å². The number of halogens is 1. The second kappa shape index (κ2) is 5.96. The van der Waals surface area contributed by atoms with E-state index in [1.54, 1.807) is 0 Å². The van der Waals surface area contributed by atoms with Crippen LogP contribution in [0.5, 0.6) is 0 Å². The number of sulfonamides is 1. The third-order valence-corrected chi connectivity index (χ3v) is 4.94. The molecule has 2 N–H and O–H groups in total. The van der Waals surface area contributed by atoms with Gasteiger partial charge in [-0.3, -0.25) is 0 Å². The number of rotatable bonds is 3. The molecule has 1 aromatic rings. The average Bonchev–Trinajstić information content (AvgIpc) is 2.68. The summed E-state index contributed by atoms with van der Waals surface area (Å²) in [6, 6.07) is 3.93. The summed E-state index contributed by atoms with van der Waals surface area (Å²) >= 11 is 0. The van der Waals surface area contributed by atoms with E-state index in [-0.39, 0.29) is 18.0 Å². The summed E-state index contributed by atoms with van der Waals surface area (Å²) in [6.07, 6.45) is 0.609. The highest BCUT2D eigenvalue weighted by atomic mass is 32.2. The molecule has 1 aliphatic rings. The highest BCUT2D eigenvalue weighted by Gasteiger charge is 2.28. The lowest BCUT2D eigenvalue weighted by atomic mass is 10.2. The molecule has 1 aromatic carbocycles. The van der Waals surface area contributed by atoms with Crippen LogP contribution in [-0.2, 0) is 21.3 Å². The lowest BCUT2D eigenvalue weighted by molar-refractivity contribution is 0.148. The molecular formula is C12H17FN2O3S. The molecule has 0 saturated carbocycles. The molecule has 0 spiro atoms. The Morgan fingerprint density at radius 1 is 1.32 bits per heavy atom. The molecular weight excluding hydrogens is 271 g/mol. The molecule has 1 saturated heterocycles. The molecule has 0 atom stereocenters. The van der Waals surface area contributed by atoms with Crippen molar-refractivity contribution in [3.63, 3.8) is 0 Å². The van der Waals surface area contributed by atoms with Crippen LogP contribution >= 0.6 is 0 Å². The zero-order chi connectivity index (χ0) is 13.9. The Kier molecular flexibility index (Phi) is 4.51. The summed E-state index contributed by atoms with van der Waals surface area (Å²) in [7, 11) is -3.83. The number of hydrogen-bond acceptors (Lipinski definition) is 4. The minimum atomic E-state index is -3.83. The minimum absolute atomic E-state index is 0.173. The van der Waals surface area contributed by atoms with Crippen molar-refractivity contribution in [2.75, 3.05) is 26.3 Å². The quantitative estimate of drug-likeness (QED) is 0.888. The van der Waals surface area contributed by atoms with Gasteiger partial charge in [-0.2, -0.15) is 4.31 Å². The minimum Gasteiger partial charge on any atom is -0.380 e. The lowest BCUT2D eigenvalue weighted by Gasteiger charge is -2.20. The number of hydrogen-bond donors (Lipinski definition) is 1. The van der Waals surface area contributed by atoms with Gasteiger partial charge in [0.25, 0.3) is 0 Å². The molecule has 0 aliphatic carbocycles. The topological polar surface area (TPSA) is 72.6 Å². The fourth-order valence-electron chi connectivity index (χ4n) is 1.98. The standard InChI is InChI=1S/C12H17FN2O3S/c13-11-3-2-10(9-14)8-12(11)19(16,17)15-4-1-6-18-7-5-15/h2-3,8H,1,4-7,9,14H2. The van der Waals surface area contributed by atoms with Crippen LogP contribution in [0.1, 0.15) is 12.0 Å². The Morgan fingerprint density at radius 3 is 2.84 bits per heavy atom. The van der Waals surface area contributed by atoms with Crippen LogP contribution in [0.2, 0.25) is 0 Å². The molecule has 106 valence electrons. The van der Waals surface area contributed by atoms with Crippen LogP contribution in [-0.4, -0.2) is 39.0 Å². The van der Waals surface area contributed by atoms with Gasteiger partial charge in [-0.1, -0.05) is 6.07 Å². The number of ether oxygens (including phenoxy) is 1. The maximum atomic E-state index is 13.8. The van der Waals surface area contributed by atoms with Gasteiger partial charge in [-0.05, 0) is 24.1 Å². The van der Waals surface area contributed by atoms with E-state index in [1.807, 2.05) is 0 Å². The van der Waals surface area contributed by atoms with E-state index in [0.717, 1.165) is 6.07 Å². The molecule has 1 heterocycles. The van der Waals surface area contributed by atoms with E-state index in [9.17, 15) is 12.8 Å². The van der Waals surface area contributed by atoms with E-state index < -0.39 is 15.8 Å². The highest BCUT2D eigenvalue weighted by molar-refractivity contribution is 7.89. The first-order valence-electron chi connectivity index (χ1n) is 6.12.